The minimum atomic E-state index is 0.238. The van der Waals surface area contributed by atoms with Crippen molar-refractivity contribution in [1.29, 1.82) is 0 Å². The van der Waals surface area contributed by atoms with Crippen molar-refractivity contribution in [3.63, 3.8) is 0 Å². The van der Waals surface area contributed by atoms with Gasteiger partial charge in [0.15, 0.2) is 0 Å². The van der Waals surface area contributed by atoms with Crippen LogP contribution in [0.4, 0.5) is 0 Å². The molecule has 0 aromatic heterocycles. The smallest absolute Gasteiger partial charge is 0.0558 e. The van der Waals surface area contributed by atoms with Crippen LogP contribution in [0.2, 0.25) is 0 Å². The Kier molecular flexibility index (Phi) is 7.06. The van der Waals surface area contributed by atoms with E-state index in [0.717, 1.165) is 26.1 Å². The Morgan fingerprint density at radius 1 is 1.16 bits per heavy atom. The van der Waals surface area contributed by atoms with E-state index in [4.69, 9.17) is 5.11 Å². The number of aliphatic hydroxyl groups is 1. The van der Waals surface area contributed by atoms with E-state index < -0.39 is 0 Å². The third-order valence-electron chi connectivity index (χ3n) is 3.59. The second-order valence-electron chi connectivity index (χ2n) is 5.21. The van der Waals surface area contributed by atoms with Gasteiger partial charge in [-0.25, -0.2) is 0 Å². The maximum absolute atomic E-state index is 9.02. The Morgan fingerprint density at radius 3 is 2.26 bits per heavy atom. The molecule has 0 radical (unpaired) electrons. The largest absolute Gasteiger partial charge is 0.395 e. The van der Waals surface area contributed by atoms with E-state index in [1.165, 1.54) is 16.7 Å². The summed E-state index contributed by atoms with van der Waals surface area (Å²) in [6, 6.07) is 7.11. The molecule has 1 aromatic rings. The number of nitrogens with one attached hydrogen (secondary N) is 1. The fraction of sp³-hybridized carbons (Fsp3) is 0.625. The van der Waals surface area contributed by atoms with Crippen molar-refractivity contribution in [2.75, 3.05) is 33.3 Å². The summed E-state index contributed by atoms with van der Waals surface area (Å²) in [4.78, 5) is 2.28. The van der Waals surface area contributed by atoms with E-state index in [-0.39, 0.29) is 6.61 Å². The second-order valence-corrected chi connectivity index (χ2v) is 5.21. The molecule has 3 heteroatoms. The molecule has 108 valence electrons. The highest BCUT2D eigenvalue weighted by Gasteiger charge is 2.12. The first-order chi connectivity index (χ1) is 9.10. The van der Waals surface area contributed by atoms with Gasteiger partial charge in [-0.2, -0.15) is 0 Å². The predicted molar refractivity (Wildman–Crippen MR) is 81.5 cm³/mol. The summed E-state index contributed by atoms with van der Waals surface area (Å²) in [5.41, 5.74) is 4.00. The predicted octanol–water partition coefficient (Wildman–Crippen LogP) is 2.27. The van der Waals surface area contributed by atoms with Crippen molar-refractivity contribution in [1.82, 2.24) is 10.2 Å². The van der Waals surface area contributed by atoms with Gasteiger partial charge in [0, 0.05) is 19.1 Å². The van der Waals surface area contributed by atoms with Gasteiger partial charge in [-0.1, -0.05) is 36.2 Å². The number of rotatable bonds is 8. The summed E-state index contributed by atoms with van der Waals surface area (Å²) >= 11 is 0. The van der Waals surface area contributed by atoms with Crippen molar-refractivity contribution < 1.29 is 5.11 Å². The SMILES string of the molecule is CCN(CCO)CCC(NC)c1cc(C)cc(C)c1. The van der Waals surface area contributed by atoms with Gasteiger partial charge in [0.1, 0.15) is 0 Å². The standard InChI is InChI=1S/C16H28N2O/c1-5-18(8-9-19)7-6-16(17-4)15-11-13(2)10-14(3)12-15/h10-12,16-17,19H,5-9H2,1-4H3. The number of aryl methyl sites for hydroxylation is 2. The number of likely N-dealkylation sites (N-methyl/N-ethyl adjacent to an activating group) is 1. The van der Waals surface area contributed by atoms with Gasteiger partial charge in [-0.15, -0.1) is 0 Å². The average Bonchev–Trinajstić information content (AvgIpc) is 2.37. The van der Waals surface area contributed by atoms with Crippen molar-refractivity contribution in [3.05, 3.63) is 34.9 Å². The Morgan fingerprint density at radius 2 is 1.79 bits per heavy atom. The number of hydrogen-bond donors (Lipinski definition) is 2. The van der Waals surface area contributed by atoms with Gasteiger partial charge in [0.25, 0.3) is 0 Å². The maximum atomic E-state index is 9.02. The lowest BCUT2D eigenvalue weighted by atomic mass is 9.99. The number of nitrogens with zero attached hydrogens (tertiary/aromatic N) is 1. The molecule has 1 rings (SSSR count). The van der Waals surface area contributed by atoms with Crippen LogP contribution in [0.15, 0.2) is 18.2 Å². The molecule has 3 nitrogen and oxygen atoms in total. The van der Waals surface area contributed by atoms with Crippen LogP contribution in [0.5, 0.6) is 0 Å². The van der Waals surface area contributed by atoms with Crippen LogP contribution in [0.3, 0.4) is 0 Å². The number of hydrogen-bond acceptors (Lipinski definition) is 3. The van der Waals surface area contributed by atoms with Crippen molar-refractivity contribution >= 4 is 0 Å². The van der Waals surface area contributed by atoms with Gasteiger partial charge >= 0.3 is 0 Å². The molecular weight excluding hydrogens is 236 g/mol. The molecule has 0 fully saturated rings. The Bertz CT molecular complexity index is 359. The number of aliphatic hydroxyl groups excluding tert-OH is 1. The number of benzene rings is 1. The summed E-state index contributed by atoms with van der Waals surface area (Å²) in [6.07, 6.45) is 1.06. The quantitative estimate of drug-likeness (QED) is 0.756. The summed E-state index contributed by atoms with van der Waals surface area (Å²) in [5.74, 6) is 0. The normalized spacial score (nSPS) is 12.9. The van der Waals surface area contributed by atoms with Gasteiger partial charge in [0.2, 0.25) is 0 Å². The van der Waals surface area contributed by atoms with E-state index in [1.807, 2.05) is 7.05 Å². The van der Waals surface area contributed by atoms with Crippen LogP contribution in [-0.4, -0.2) is 43.3 Å². The summed E-state index contributed by atoms with van der Waals surface area (Å²) in [7, 11) is 2.02. The first kappa shape index (κ1) is 16.2. The molecule has 1 unspecified atom stereocenters. The molecule has 0 saturated carbocycles. The average molecular weight is 264 g/mol. The highest BCUT2D eigenvalue weighted by atomic mass is 16.3. The summed E-state index contributed by atoms with van der Waals surface area (Å²) in [6.45, 7) is 9.43. The summed E-state index contributed by atoms with van der Waals surface area (Å²) in [5, 5.41) is 12.4. The van der Waals surface area contributed by atoms with Crippen LogP contribution in [0.1, 0.15) is 36.1 Å². The molecule has 0 amide bonds. The molecule has 1 atom stereocenters. The van der Waals surface area contributed by atoms with Crippen LogP contribution in [0, 0.1) is 13.8 Å². The molecule has 2 N–H and O–H groups in total. The van der Waals surface area contributed by atoms with Crippen molar-refractivity contribution in [2.45, 2.75) is 33.2 Å². The molecule has 0 bridgehead atoms. The van der Waals surface area contributed by atoms with Gasteiger partial charge in [0.05, 0.1) is 6.61 Å². The Labute approximate surface area is 117 Å². The second kappa shape index (κ2) is 8.31. The summed E-state index contributed by atoms with van der Waals surface area (Å²) < 4.78 is 0. The fourth-order valence-electron chi connectivity index (χ4n) is 2.57. The van der Waals surface area contributed by atoms with Gasteiger partial charge < -0.3 is 15.3 Å². The lowest BCUT2D eigenvalue weighted by Crippen LogP contribution is -2.30. The van der Waals surface area contributed by atoms with Crippen LogP contribution in [0.25, 0.3) is 0 Å². The first-order valence-electron chi connectivity index (χ1n) is 7.19. The molecule has 19 heavy (non-hydrogen) atoms. The lowest BCUT2D eigenvalue weighted by Gasteiger charge is -2.24. The Hall–Kier alpha value is -0.900. The molecule has 0 heterocycles. The highest BCUT2D eigenvalue weighted by Crippen LogP contribution is 2.20. The molecule has 0 aliphatic heterocycles. The lowest BCUT2D eigenvalue weighted by molar-refractivity contribution is 0.196. The monoisotopic (exact) mass is 264 g/mol. The van der Waals surface area contributed by atoms with Gasteiger partial charge in [-0.3, -0.25) is 0 Å². The van der Waals surface area contributed by atoms with E-state index in [0.29, 0.717) is 6.04 Å². The zero-order chi connectivity index (χ0) is 14.3. The van der Waals surface area contributed by atoms with Crippen LogP contribution in [-0.2, 0) is 0 Å². The molecule has 0 aliphatic rings. The zero-order valence-corrected chi connectivity index (χ0v) is 12.7. The molecule has 0 aliphatic carbocycles. The van der Waals surface area contributed by atoms with Crippen LogP contribution >= 0.6 is 0 Å². The van der Waals surface area contributed by atoms with Gasteiger partial charge in [-0.05, 0) is 39.4 Å². The third-order valence-corrected chi connectivity index (χ3v) is 3.59. The van der Waals surface area contributed by atoms with Crippen LogP contribution < -0.4 is 5.32 Å². The van der Waals surface area contributed by atoms with Crippen molar-refractivity contribution in [3.8, 4) is 0 Å². The van der Waals surface area contributed by atoms with E-state index in [2.05, 4.69) is 49.2 Å². The highest BCUT2D eigenvalue weighted by molar-refractivity contribution is 5.30. The fourth-order valence-corrected chi connectivity index (χ4v) is 2.57. The van der Waals surface area contributed by atoms with Crippen molar-refractivity contribution in [2.24, 2.45) is 0 Å². The molecule has 0 spiro atoms. The minimum Gasteiger partial charge on any atom is -0.395 e. The molecular formula is C16H28N2O. The first-order valence-corrected chi connectivity index (χ1v) is 7.19. The topological polar surface area (TPSA) is 35.5 Å². The zero-order valence-electron chi connectivity index (χ0n) is 12.7. The van der Waals surface area contributed by atoms with E-state index >= 15 is 0 Å². The van der Waals surface area contributed by atoms with E-state index in [1.54, 1.807) is 0 Å². The maximum Gasteiger partial charge on any atom is 0.0558 e. The third kappa shape index (κ3) is 5.31. The molecule has 1 aromatic carbocycles. The molecule has 0 saturated heterocycles. The minimum absolute atomic E-state index is 0.238. The Balaban J connectivity index is 2.66. The van der Waals surface area contributed by atoms with E-state index in [9.17, 15) is 0 Å².